The van der Waals surface area contributed by atoms with E-state index in [9.17, 15) is 14.4 Å². The van der Waals surface area contributed by atoms with Crippen molar-refractivity contribution >= 4 is 29.4 Å². The summed E-state index contributed by atoms with van der Waals surface area (Å²) in [5, 5.41) is 11.4. The van der Waals surface area contributed by atoms with Crippen LogP contribution in [-0.4, -0.2) is 37.7 Å². The summed E-state index contributed by atoms with van der Waals surface area (Å²) in [6.45, 7) is 8.66. The highest BCUT2D eigenvalue weighted by atomic mass is 16.5. The number of amides is 4. The summed E-state index contributed by atoms with van der Waals surface area (Å²) in [4.78, 5) is 35.8. The third-order valence-electron chi connectivity index (χ3n) is 5.22. The van der Waals surface area contributed by atoms with Crippen LogP contribution in [0.25, 0.3) is 0 Å². The van der Waals surface area contributed by atoms with Crippen LogP contribution in [0.2, 0.25) is 0 Å². The molecule has 0 aliphatic heterocycles. The highest BCUT2D eigenvalue weighted by Crippen LogP contribution is 2.20. The van der Waals surface area contributed by atoms with Crippen molar-refractivity contribution in [2.75, 3.05) is 24.3 Å². The summed E-state index contributed by atoms with van der Waals surface area (Å²) in [6, 6.07) is 4.51. The van der Waals surface area contributed by atoms with Gasteiger partial charge in [-0.15, -0.1) is 0 Å². The molecule has 0 saturated carbocycles. The first-order valence-corrected chi connectivity index (χ1v) is 11.1. The van der Waals surface area contributed by atoms with E-state index in [4.69, 9.17) is 0 Å². The van der Waals surface area contributed by atoms with Gasteiger partial charge >= 0.3 is 18.0 Å². The molecule has 0 bridgehead atoms. The molecule has 0 heterocycles. The molecule has 8 nitrogen and oxygen atoms in total. The number of methoxy groups -OCH3 is 1. The van der Waals surface area contributed by atoms with Crippen LogP contribution in [0.5, 0.6) is 0 Å². The predicted octanol–water partition coefficient (Wildman–Crippen LogP) is 4.80. The fraction of sp³-hybridized carbons (Fsp3) is 0.609. The van der Waals surface area contributed by atoms with Crippen LogP contribution in [0, 0.1) is 12.8 Å². The van der Waals surface area contributed by atoms with E-state index in [1.54, 1.807) is 12.1 Å². The van der Waals surface area contributed by atoms with Crippen LogP contribution in [0.3, 0.4) is 0 Å². The van der Waals surface area contributed by atoms with Crippen molar-refractivity contribution < 1.29 is 19.1 Å². The molecule has 8 heteroatoms. The Bertz CT molecular complexity index is 724. The highest BCUT2D eigenvalue weighted by molar-refractivity contribution is 5.93. The molecule has 0 spiro atoms. The van der Waals surface area contributed by atoms with Gasteiger partial charge in [-0.25, -0.2) is 9.59 Å². The number of nitrogens with one attached hydrogen (secondary N) is 4. The Labute approximate surface area is 185 Å². The molecular formula is C23H38N4O4. The number of rotatable bonds is 12. The molecule has 0 radical (unpaired) electrons. The van der Waals surface area contributed by atoms with E-state index in [0.29, 0.717) is 30.3 Å². The van der Waals surface area contributed by atoms with E-state index in [1.807, 2.05) is 19.9 Å². The zero-order valence-electron chi connectivity index (χ0n) is 19.5. The van der Waals surface area contributed by atoms with Crippen molar-refractivity contribution in [3.05, 3.63) is 23.8 Å². The summed E-state index contributed by atoms with van der Waals surface area (Å²) in [5.74, 6) is 0.168. The van der Waals surface area contributed by atoms with E-state index < -0.39 is 0 Å². The largest absolute Gasteiger partial charge is 0.469 e. The summed E-state index contributed by atoms with van der Waals surface area (Å²) in [5.41, 5.74) is 2.09. The van der Waals surface area contributed by atoms with Crippen LogP contribution in [0.4, 0.5) is 21.0 Å². The van der Waals surface area contributed by atoms with E-state index in [0.717, 1.165) is 31.2 Å². The van der Waals surface area contributed by atoms with Gasteiger partial charge in [0.15, 0.2) is 0 Å². The first-order chi connectivity index (χ1) is 14.8. The average molecular weight is 435 g/mol. The van der Waals surface area contributed by atoms with Crippen molar-refractivity contribution in [1.29, 1.82) is 0 Å². The Balaban J connectivity index is 2.57. The standard InChI is InChI=1S/C23H38N4O4/c1-6-8-9-18(7-2)15-24-22(29)27-20-14-19(12-10-16(20)3)26-23(30)25-17(4)11-13-21(28)31-5/h10,12,14,17-18H,6-9,11,13,15H2,1-5H3,(H2,24,27,29)(H2,25,26,30). The quantitative estimate of drug-likeness (QED) is 0.354. The summed E-state index contributed by atoms with van der Waals surface area (Å²) in [7, 11) is 1.34. The molecule has 31 heavy (non-hydrogen) atoms. The van der Waals surface area contributed by atoms with E-state index in [1.165, 1.54) is 7.11 Å². The second-order valence-electron chi connectivity index (χ2n) is 7.90. The van der Waals surface area contributed by atoms with Crippen LogP contribution >= 0.6 is 0 Å². The van der Waals surface area contributed by atoms with Gasteiger partial charge in [0.05, 0.1) is 7.11 Å². The Kier molecular flexibility index (Phi) is 12.1. The van der Waals surface area contributed by atoms with Gasteiger partial charge in [0.1, 0.15) is 0 Å². The van der Waals surface area contributed by atoms with Crippen molar-refractivity contribution in [2.24, 2.45) is 5.92 Å². The maximum Gasteiger partial charge on any atom is 0.319 e. The second-order valence-corrected chi connectivity index (χ2v) is 7.90. The summed E-state index contributed by atoms with van der Waals surface area (Å²) < 4.78 is 4.60. The number of hydrogen-bond donors (Lipinski definition) is 4. The Morgan fingerprint density at radius 1 is 1.06 bits per heavy atom. The van der Waals surface area contributed by atoms with Crippen LogP contribution in [0.15, 0.2) is 18.2 Å². The first-order valence-electron chi connectivity index (χ1n) is 11.1. The number of carbonyl (C=O) groups excluding carboxylic acids is 3. The number of aryl methyl sites for hydroxylation is 1. The van der Waals surface area contributed by atoms with Gasteiger partial charge in [-0.3, -0.25) is 4.79 Å². The summed E-state index contributed by atoms with van der Waals surface area (Å²) in [6.07, 6.45) is 5.18. The van der Waals surface area contributed by atoms with Crippen LogP contribution < -0.4 is 21.3 Å². The van der Waals surface area contributed by atoms with Crippen molar-refractivity contribution in [2.45, 2.75) is 72.3 Å². The van der Waals surface area contributed by atoms with Crippen LogP contribution in [-0.2, 0) is 9.53 Å². The van der Waals surface area contributed by atoms with Crippen molar-refractivity contribution in [3.63, 3.8) is 0 Å². The molecule has 174 valence electrons. The van der Waals surface area contributed by atoms with Gasteiger partial charge < -0.3 is 26.0 Å². The molecule has 0 fully saturated rings. The molecule has 0 aliphatic carbocycles. The van der Waals surface area contributed by atoms with Gasteiger partial charge in [0, 0.05) is 30.4 Å². The zero-order valence-corrected chi connectivity index (χ0v) is 19.5. The topological polar surface area (TPSA) is 109 Å². The van der Waals surface area contributed by atoms with Crippen molar-refractivity contribution in [1.82, 2.24) is 10.6 Å². The van der Waals surface area contributed by atoms with Gasteiger partial charge in [-0.05, 0) is 50.3 Å². The lowest BCUT2D eigenvalue weighted by atomic mass is 9.99. The molecule has 0 saturated heterocycles. The summed E-state index contributed by atoms with van der Waals surface area (Å²) >= 11 is 0. The Morgan fingerprint density at radius 2 is 1.81 bits per heavy atom. The lowest BCUT2D eigenvalue weighted by Gasteiger charge is -2.17. The zero-order chi connectivity index (χ0) is 23.2. The van der Waals surface area contributed by atoms with Gasteiger partial charge in [-0.2, -0.15) is 0 Å². The van der Waals surface area contributed by atoms with Gasteiger partial charge in [-0.1, -0.05) is 39.2 Å². The maximum absolute atomic E-state index is 12.3. The Hall–Kier alpha value is -2.77. The van der Waals surface area contributed by atoms with Crippen LogP contribution in [0.1, 0.15) is 64.9 Å². The third kappa shape index (κ3) is 10.7. The minimum Gasteiger partial charge on any atom is -0.469 e. The lowest BCUT2D eigenvalue weighted by Crippen LogP contribution is -2.36. The minimum absolute atomic E-state index is 0.188. The van der Waals surface area contributed by atoms with E-state index in [-0.39, 0.29) is 30.5 Å². The number of anilines is 2. The third-order valence-corrected chi connectivity index (χ3v) is 5.22. The SMILES string of the molecule is CCCCC(CC)CNC(=O)Nc1cc(NC(=O)NC(C)CCC(=O)OC)ccc1C. The predicted molar refractivity (Wildman–Crippen MR) is 124 cm³/mol. The molecule has 1 rings (SSSR count). The number of urea groups is 2. The van der Waals surface area contributed by atoms with Gasteiger partial charge in [0.2, 0.25) is 0 Å². The second kappa shape index (κ2) is 14.3. The van der Waals surface area contributed by atoms with Gasteiger partial charge in [0.25, 0.3) is 0 Å². The van der Waals surface area contributed by atoms with E-state index >= 15 is 0 Å². The number of hydrogen-bond acceptors (Lipinski definition) is 4. The minimum atomic E-state index is -0.377. The maximum atomic E-state index is 12.3. The fourth-order valence-electron chi connectivity index (χ4n) is 3.08. The number of ether oxygens (including phenoxy) is 1. The normalized spacial score (nSPS) is 12.4. The first kappa shape index (κ1) is 26.3. The van der Waals surface area contributed by atoms with Crippen molar-refractivity contribution in [3.8, 4) is 0 Å². The number of unbranched alkanes of at least 4 members (excludes halogenated alkanes) is 1. The Morgan fingerprint density at radius 3 is 2.45 bits per heavy atom. The molecule has 2 atom stereocenters. The number of benzene rings is 1. The highest BCUT2D eigenvalue weighted by Gasteiger charge is 2.12. The molecule has 1 aromatic carbocycles. The molecule has 2 unspecified atom stereocenters. The average Bonchev–Trinajstić information content (AvgIpc) is 2.74. The lowest BCUT2D eigenvalue weighted by molar-refractivity contribution is -0.140. The fourth-order valence-corrected chi connectivity index (χ4v) is 3.08. The number of esters is 1. The molecule has 4 amide bonds. The number of carbonyl (C=O) groups is 3. The molecule has 0 aromatic heterocycles. The molecule has 4 N–H and O–H groups in total. The molecule has 1 aromatic rings. The molecular weight excluding hydrogens is 396 g/mol. The monoisotopic (exact) mass is 434 g/mol. The smallest absolute Gasteiger partial charge is 0.319 e. The van der Waals surface area contributed by atoms with E-state index in [2.05, 4.69) is 39.9 Å². The molecule has 0 aliphatic rings.